The van der Waals surface area contributed by atoms with Crippen molar-refractivity contribution in [3.63, 3.8) is 0 Å². The van der Waals surface area contributed by atoms with Crippen LogP contribution in [-0.2, 0) is 14.4 Å². The van der Waals surface area contributed by atoms with Crippen LogP contribution in [0.15, 0.2) is 72.3 Å². The first-order valence-corrected chi connectivity index (χ1v) is 10.1. The van der Waals surface area contributed by atoms with E-state index in [1.54, 1.807) is 24.3 Å². The molecule has 1 aliphatic heterocycles. The molecule has 1 saturated carbocycles. The lowest BCUT2D eigenvalue weighted by Gasteiger charge is -2.20. The summed E-state index contributed by atoms with van der Waals surface area (Å²) in [6.07, 6.45) is 4.18. The van der Waals surface area contributed by atoms with E-state index in [4.69, 9.17) is 4.74 Å². The number of esters is 1. The Morgan fingerprint density at radius 3 is 1.93 bits per heavy atom. The van der Waals surface area contributed by atoms with Gasteiger partial charge in [0.2, 0.25) is 11.8 Å². The smallest absolute Gasteiger partial charge is 0.308 e. The van der Waals surface area contributed by atoms with E-state index in [1.165, 1.54) is 17.4 Å². The number of hydrogen-bond donors (Lipinski definition) is 0. The summed E-state index contributed by atoms with van der Waals surface area (Å²) in [4.78, 5) is 39.0. The Labute approximate surface area is 174 Å². The van der Waals surface area contributed by atoms with Crippen molar-refractivity contribution < 1.29 is 19.1 Å². The van der Waals surface area contributed by atoms with E-state index >= 15 is 0 Å². The molecule has 5 heteroatoms. The lowest BCUT2D eigenvalue weighted by Crippen LogP contribution is -2.33. The highest BCUT2D eigenvalue weighted by Crippen LogP contribution is 2.58. The van der Waals surface area contributed by atoms with Gasteiger partial charge in [0.05, 0.1) is 17.5 Å². The number of imide groups is 1. The van der Waals surface area contributed by atoms with E-state index in [0.29, 0.717) is 11.4 Å². The van der Waals surface area contributed by atoms with Crippen LogP contribution in [0.2, 0.25) is 0 Å². The maximum Gasteiger partial charge on any atom is 0.308 e. The minimum atomic E-state index is -0.415. The molecule has 2 aromatic carbocycles. The second kappa shape index (κ2) is 6.80. The van der Waals surface area contributed by atoms with Crippen LogP contribution in [-0.4, -0.2) is 17.8 Å². The molecule has 0 unspecified atom stereocenters. The van der Waals surface area contributed by atoms with Gasteiger partial charge in [-0.15, -0.1) is 0 Å². The van der Waals surface area contributed by atoms with Crippen LogP contribution in [0.25, 0.3) is 5.57 Å². The number of carbonyl (C=O) groups excluding carboxylic acids is 3. The molecule has 2 aliphatic carbocycles. The second-order valence-corrected chi connectivity index (χ2v) is 8.03. The zero-order valence-corrected chi connectivity index (χ0v) is 16.7. The van der Waals surface area contributed by atoms with Crippen LogP contribution in [0, 0.1) is 23.7 Å². The first kappa shape index (κ1) is 18.6. The predicted octanol–water partition coefficient (Wildman–Crippen LogP) is 4.01. The summed E-state index contributed by atoms with van der Waals surface area (Å²) < 4.78 is 5.04. The Kier molecular flexibility index (Phi) is 4.21. The Morgan fingerprint density at radius 1 is 0.833 bits per heavy atom. The van der Waals surface area contributed by atoms with Crippen LogP contribution in [0.1, 0.15) is 19.4 Å². The first-order chi connectivity index (χ1) is 14.5. The van der Waals surface area contributed by atoms with Gasteiger partial charge < -0.3 is 4.74 Å². The van der Waals surface area contributed by atoms with Gasteiger partial charge >= 0.3 is 5.97 Å². The molecule has 30 heavy (non-hydrogen) atoms. The molecule has 1 heterocycles. The van der Waals surface area contributed by atoms with E-state index < -0.39 is 5.97 Å². The van der Waals surface area contributed by atoms with Crippen molar-refractivity contribution in [1.82, 2.24) is 0 Å². The van der Waals surface area contributed by atoms with Crippen molar-refractivity contribution in [2.24, 2.45) is 23.7 Å². The average molecular weight is 399 g/mol. The van der Waals surface area contributed by atoms with Gasteiger partial charge in [0.15, 0.2) is 0 Å². The lowest BCUT2D eigenvalue weighted by molar-refractivity contribution is -0.132. The van der Waals surface area contributed by atoms with Gasteiger partial charge in [-0.25, -0.2) is 4.90 Å². The lowest BCUT2D eigenvalue weighted by atomic mass is 9.85. The van der Waals surface area contributed by atoms with Crippen molar-refractivity contribution in [3.05, 3.63) is 77.9 Å². The summed E-state index contributed by atoms with van der Waals surface area (Å²) >= 11 is 0. The Hall–Kier alpha value is -3.47. The minimum absolute atomic E-state index is 0.0398. The third kappa shape index (κ3) is 2.65. The van der Waals surface area contributed by atoms with Crippen LogP contribution in [0.3, 0.4) is 0 Å². The molecule has 1 saturated heterocycles. The number of ether oxygens (including phenoxy) is 1. The fourth-order valence-electron chi connectivity index (χ4n) is 5.20. The molecule has 0 spiro atoms. The molecule has 0 N–H and O–H groups in total. The van der Waals surface area contributed by atoms with Gasteiger partial charge in [0.1, 0.15) is 5.75 Å². The largest absolute Gasteiger partial charge is 0.427 e. The number of carbonyl (C=O) groups is 3. The molecule has 2 amide bonds. The number of allylic oxidation sites excluding steroid dienone is 4. The molecule has 2 bridgehead atoms. The van der Waals surface area contributed by atoms with Crippen LogP contribution >= 0.6 is 0 Å². The Balaban J connectivity index is 1.47. The fraction of sp³-hybridized carbons (Fsp3) is 0.240. The van der Waals surface area contributed by atoms with E-state index in [1.807, 2.05) is 18.2 Å². The van der Waals surface area contributed by atoms with Gasteiger partial charge in [-0.1, -0.05) is 48.1 Å². The normalized spacial score (nSPS) is 28.1. The molecular formula is C25H21NO4. The van der Waals surface area contributed by atoms with Gasteiger partial charge in [-0.3, -0.25) is 14.4 Å². The third-order valence-corrected chi connectivity index (χ3v) is 6.41. The predicted molar refractivity (Wildman–Crippen MR) is 112 cm³/mol. The summed E-state index contributed by atoms with van der Waals surface area (Å²) in [5, 5.41) is 0. The van der Waals surface area contributed by atoms with Crippen molar-refractivity contribution in [3.8, 4) is 5.75 Å². The number of nitrogens with zero attached hydrogens (tertiary/aromatic N) is 1. The standard InChI is InChI=1S/C25H21NO4/c1-14(16-6-4-3-5-7-16)21-19-12-13-20(21)23-22(19)24(28)26(25(23)29)17-8-10-18(11-9-17)30-15(2)27/h3-13,19-20,22-23H,1-2H3/t19-,20-,22-,23+/m0/s1. The number of benzene rings is 2. The van der Waals surface area contributed by atoms with Crippen molar-refractivity contribution in [1.29, 1.82) is 0 Å². The molecule has 0 aromatic heterocycles. The van der Waals surface area contributed by atoms with E-state index in [9.17, 15) is 14.4 Å². The SMILES string of the molecule is CC(=O)Oc1ccc(N2C(=O)[C@@H]3[C@H](C2=O)[C@H]2C=C[C@H]3C2=C(C)c2ccccc2)cc1. The van der Waals surface area contributed by atoms with E-state index in [-0.39, 0.29) is 35.5 Å². The highest BCUT2D eigenvalue weighted by Gasteiger charge is 2.62. The van der Waals surface area contributed by atoms with Crippen molar-refractivity contribution in [2.45, 2.75) is 13.8 Å². The fourth-order valence-corrected chi connectivity index (χ4v) is 5.20. The van der Waals surface area contributed by atoms with Crippen LogP contribution < -0.4 is 9.64 Å². The molecule has 150 valence electrons. The quantitative estimate of drug-likeness (QED) is 0.339. The maximum atomic E-state index is 13.3. The van der Waals surface area contributed by atoms with Gasteiger partial charge in [0.25, 0.3) is 0 Å². The van der Waals surface area contributed by atoms with Crippen molar-refractivity contribution in [2.75, 3.05) is 4.90 Å². The molecule has 5 nitrogen and oxygen atoms in total. The zero-order valence-electron chi connectivity index (χ0n) is 16.7. The first-order valence-electron chi connectivity index (χ1n) is 10.1. The number of hydrogen-bond acceptors (Lipinski definition) is 4. The number of rotatable bonds is 3. The van der Waals surface area contributed by atoms with Gasteiger partial charge in [-0.05, 0) is 42.3 Å². The van der Waals surface area contributed by atoms with Crippen LogP contribution in [0.5, 0.6) is 5.75 Å². The maximum absolute atomic E-state index is 13.3. The second-order valence-electron chi connectivity index (χ2n) is 8.03. The summed E-state index contributed by atoms with van der Waals surface area (Å²) in [5.74, 6) is -1.12. The topological polar surface area (TPSA) is 63.7 Å². The number of fused-ring (bicyclic) bond motifs is 5. The van der Waals surface area contributed by atoms with Gasteiger partial charge in [0, 0.05) is 18.8 Å². The zero-order chi connectivity index (χ0) is 21.0. The number of anilines is 1. The summed E-state index contributed by atoms with van der Waals surface area (Å²) in [5.41, 5.74) is 4.00. The number of amides is 2. The van der Waals surface area contributed by atoms with E-state index in [2.05, 4.69) is 31.2 Å². The highest BCUT2D eigenvalue weighted by atomic mass is 16.5. The van der Waals surface area contributed by atoms with Crippen LogP contribution in [0.4, 0.5) is 5.69 Å². The molecule has 0 radical (unpaired) electrons. The Bertz CT molecular complexity index is 1080. The van der Waals surface area contributed by atoms with Gasteiger partial charge in [-0.2, -0.15) is 0 Å². The van der Waals surface area contributed by atoms with E-state index in [0.717, 1.165) is 11.1 Å². The Morgan fingerprint density at radius 2 is 1.40 bits per heavy atom. The summed E-state index contributed by atoms with van der Waals surface area (Å²) in [7, 11) is 0. The molecule has 3 aliphatic rings. The molecule has 2 fully saturated rings. The molecule has 2 aromatic rings. The monoisotopic (exact) mass is 399 g/mol. The summed E-state index contributed by atoms with van der Waals surface area (Å²) in [6, 6.07) is 16.6. The molecule has 4 atom stereocenters. The average Bonchev–Trinajstić information content (AvgIpc) is 3.38. The summed E-state index contributed by atoms with van der Waals surface area (Å²) in [6.45, 7) is 3.41. The minimum Gasteiger partial charge on any atom is -0.427 e. The highest BCUT2D eigenvalue weighted by molar-refractivity contribution is 6.23. The third-order valence-electron chi connectivity index (χ3n) is 6.41. The molecule has 5 rings (SSSR count). The van der Waals surface area contributed by atoms with Crippen molar-refractivity contribution >= 4 is 29.0 Å². The molecular weight excluding hydrogens is 378 g/mol.